The number of benzene rings is 1. The quantitative estimate of drug-likeness (QED) is 0.481. The van der Waals surface area contributed by atoms with E-state index in [1.165, 1.54) is 0 Å². The lowest BCUT2D eigenvalue weighted by Crippen LogP contribution is -2.17. The normalized spacial score (nSPS) is 11.5. The summed E-state index contributed by atoms with van der Waals surface area (Å²) in [5.41, 5.74) is -0.431. The number of esters is 1. The Morgan fingerprint density at radius 2 is 1.95 bits per heavy atom. The van der Waals surface area contributed by atoms with Crippen molar-refractivity contribution in [2.45, 2.75) is 31.1 Å². The number of rotatable bonds is 6. The second kappa shape index (κ2) is 7.40. The van der Waals surface area contributed by atoms with Crippen molar-refractivity contribution in [2.24, 2.45) is 5.14 Å². The lowest BCUT2D eigenvalue weighted by Gasteiger charge is -2.11. The van der Waals surface area contributed by atoms with Crippen LogP contribution in [0, 0.1) is 5.82 Å². The number of halogens is 3. The van der Waals surface area contributed by atoms with Gasteiger partial charge in [-0.25, -0.2) is 22.7 Å². The molecule has 0 saturated carbocycles. The predicted octanol–water partition coefficient (Wildman–Crippen LogP) is 3.13. The fourth-order valence-electron chi connectivity index (χ4n) is 1.57. The van der Waals surface area contributed by atoms with Crippen LogP contribution in [0.3, 0.4) is 0 Å². The Morgan fingerprint density at radius 3 is 2.48 bits per heavy atom. The molecule has 0 aromatic heterocycles. The third-order valence-electron chi connectivity index (χ3n) is 2.60. The number of unbranched alkanes of at least 4 members (excludes halogenated alkanes) is 2. The zero-order valence-corrected chi connectivity index (χ0v) is 13.5. The minimum absolute atomic E-state index is 0.123. The lowest BCUT2D eigenvalue weighted by atomic mass is 10.2. The number of hydrogen-bond acceptors (Lipinski definition) is 4. The van der Waals surface area contributed by atoms with E-state index in [4.69, 9.17) is 33.1 Å². The molecule has 0 unspecified atom stereocenters. The Labute approximate surface area is 132 Å². The number of sulfonamides is 1. The molecule has 1 aromatic carbocycles. The SMILES string of the molecule is CCCCCOC(=O)c1cc(F)c(Cl)c(S(N)(=O)=O)c1Cl. The Kier molecular flexibility index (Phi) is 6.40. The molecule has 9 heteroatoms. The van der Waals surface area contributed by atoms with Crippen molar-refractivity contribution in [3.63, 3.8) is 0 Å². The maximum Gasteiger partial charge on any atom is 0.339 e. The zero-order valence-electron chi connectivity index (χ0n) is 11.2. The molecule has 1 rings (SSSR count). The van der Waals surface area contributed by atoms with Crippen LogP contribution in [0.1, 0.15) is 36.5 Å². The average molecular weight is 358 g/mol. The highest BCUT2D eigenvalue weighted by molar-refractivity contribution is 7.89. The van der Waals surface area contributed by atoms with Crippen LogP contribution in [0.2, 0.25) is 10.0 Å². The molecule has 2 N–H and O–H groups in total. The standard InChI is InChI=1S/C12H14Cl2FNO4S/c1-2-3-4-5-20-12(17)7-6-8(15)10(14)11(9(7)13)21(16,18)19/h6H,2-5H2,1H3,(H2,16,18,19). The molecule has 0 fully saturated rings. The van der Waals surface area contributed by atoms with Crippen LogP contribution in [0.5, 0.6) is 0 Å². The highest BCUT2D eigenvalue weighted by atomic mass is 35.5. The summed E-state index contributed by atoms with van der Waals surface area (Å²) in [6, 6.07) is 0.724. The van der Waals surface area contributed by atoms with Gasteiger partial charge in [0, 0.05) is 0 Å². The lowest BCUT2D eigenvalue weighted by molar-refractivity contribution is 0.0497. The first kappa shape index (κ1) is 18.2. The predicted molar refractivity (Wildman–Crippen MR) is 77.6 cm³/mol. The molecule has 0 saturated heterocycles. The molecule has 0 aliphatic carbocycles. The molecule has 0 bridgehead atoms. The number of ether oxygens (including phenoxy) is 1. The number of hydrogen-bond donors (Lipinski definition) is 1. The Balaban J connectivity index is 3.15. The summed E-state index contributed by atoms with van der Waals surface area (Å²) in [7, 11) is -4.38. The summed E-state index contributed by atoms with van der Waals surface area (Å²) in [4.78, 5) is 11.0. The first-order chi connectivity index (χ1) is 9.70. The van der Waals surface area contributed by atoms with Gasteiger partial charge in [-0.3, -0.25) is 0 Å². The number of carbonyl (C=O) groups is 1. The minimum atomic E-state index is -4.38. The topological polar surface area (TPSA) is 86.5 Å². The van der Waals surface area contributed by atoms with E-state index < -0.39 is 42.3 Å². The van der Waals surface area contributed by atoms with Gasteiger partial charge in [0.05, 0.1) is 22.2 Å². The Morgan fingerprint density at radius 1 is 1.33 bits per heavy atom. The first-order valence-electron chi connectivity index (χ1n) is 6.07. The molecule has 0 aliphatic rings. The summed E-state index contributed by atoms with van der Waals surface area (Å²) in [6.45, 7) is 2.10. The van der Waals surface area contributed by atoms with Gasteiger partial charge in [-0.15, -0.1) is 0 Å². The number of nitrogens with two attached hydrogens (primary N) is 1. The Bertz CT molecular complexity index is 649. The van der Waals surface area contributed by atoms with Crippen LogP contribution >= 0.6 is 23.2 Å². The van der Waals surface area contributed by atoms with Crippen molar-refractivity contribution in [3.8, 4) is 0 Å². The molecule has 5 nitrogen and oxygen atoms in total. The van der Waals surface area contributed by atoms with E-state index in [0.717, 1.165) is 18.9 Å². The van der Waals surface area contributed by atoms with E-state index >= 15 is 0 Å². The van der Waals surface area contributed by atoms with Crippen LogP contribution < -0.4 is 5.14 Å². The monoisotopic (exact) mass is 357 g/mol. The van der Waals surface area contributed by atoms with Gasteiger partial charge in [0.2, 0.25) is 10.0 Å². The summed E-state index contributed by atoms with van der Waals surface area (Å²) in [5.74, 6) is -2.05. The largest absolute Gasteiger partial charge is 0.462 e. The van der Waals surface area contributed by atoms with E-state index in [-0.39, 0.29) is 6.61 Å². The second-order valence-electron chi connectivity index (χ2n) is 4.25. The number of primary sulfonamides is 1. The molecule has 21 heavy (non-hydrogen) atoms. The van der Waals surface area contributed by atoms with Crippen LogP contribution in [-0.4, -0.2) is 21.0 Å². The van der Waals surface area contributed by atoms with Crippen molar-refractivity contribution < 1.29 is 22.3 Å². The fourth-order valence-corrected chi connectivity index (χ4v) is 3.35. The maximum absolute atomic E-state index is 13.6. The van der Waals surface area contributed by atoms with Crippen LogP contribution in [-0.2, 0) is 14.8 Å². The molecule has 0 radical (unpaired) electrons. The molecule has 0 aliphatic heterocycles. The Hall–Kier alpha value is -0.890. The third kappa shape index (κ3) is 4.54. The first-order valence-corrected chi connectivity index (χ1v) is 8.37. The van der Waals surface area contributed by atoms with E-state index in [0.29, 0.717) is 6.42 Å². The van der Waals surface area contributed by atoms with E-state index in [9.17, 15) is 17.6 Å². The molecule has 0 atom stereocenters. The van der Waals surface area contributed by atoms with Crippen LogP contribution in [0.4, 0.5) is 4.39 Å². The van der Waals surface area contributed by atoms with E-state index in [1.807, 2.05) is 6.92 Å². The van der Waals surface area contributed by atoms with Gasteiger partial charge < -0.3 is 4.74 Å². The zero-order chi connectivity index (χ0) is 16.2. The van der Waals surface area contributed by atoms with Gasteiger partial charge in [0.25, 0.3) is 0 Å². The van der Waals surface area contributed by atoms with Crippen LogP contribution in [0.25, 0.3) is 0 Å². The molecular weight excluding hydrogens is 344 g/mol. The van der Waals surface area contributed by atoms with Gasteiger partial charge in [-0.05, 0) is 12.5 Å². The van der Waals surface area contributed by atoms with E-state index in [2.05, 4.69) is 0 Å². The summed E-state index contributed by atoms with van der Waals surface area (Å²) < 4.78 is 41.3. The molecule has 118 valence electrons. The van der Waals surface area contributed by atoms with Crippen molar-refractivity contribution in [1.29, 1.82) is 0 Å². The molecule has 1 aromatic rings. The van der Waals surface area contributed by atoms with Gasteiger partial charge >= 0.3 is 5.97 Å². The summed E-state index contributed by atoms with van der Waals surface area (Å²) in [6.07, 6.45) is 2.43. The van der Waals surface area contributed by atoms with Gasteiger partial charge in [-0.2, -0.15) is 0 Å². The maximum atomic E-state index is 13.6. The second-order valence-corrected chi connectivity index (χ2v) is 6.51. The minimum Gasteiger partial charge on any atom is -0.462 e. The van der Waals surface area contributed by atoms with Gasteiger partial charge in [0.15, 0.2) is 0 Å². The summed E-state index contributed by atoms with van der Waals surface area (Å²) >= 11 is 11.3. The molecular formula is C12H14Cl2FNO4S. The highest BCUT2D eigenvalue weighted by Gasteiger charge is 2.27. The van der Waals surface area contributed by atoms with Crippen molar-refractivity contribution in [1.82, 2.24) is 0 Å². The van der Waals surface area contributed by atoms with Crippen LogP contribution in [0.15, 0.2) is 11.0 Å². The number of carbonyl (C=O) groups excluding carboxylic acids is 1. The van der Waals surface area contributed by atoms with E-state index in [1.54, 1.807) is 0 Å². The van der Waals surface area contributed by atoms with Gasteiger partial charge in [0.1, 0.15) is 10.7 Å². The summed E-state index contributed by atoms with van der Waals surface area (Å²) in [5, 5.41) is 3.61. The van der Waals surface area contributed by atoms with Crippen molar-refractivity contribution in [2.75, 3.05) is 6.61 Å². The molecule has 0 spiro atoms. The average Bonchev–Trinajstić information content (AvgIpc) is 2.37. The van der Waals surface area contributed by atoms with Gasteiger partial charge in [-0.1, -0.05) is 43.0 Å². The fraction of sp³-hybridized carbons (Fsp3) is 0.417. The third-order valence-corrected chi connectivity index (χ3v) is 4.56. The highest BCUT2D eigenvalue weighted by Crippen LogP contribution is 2.34. The molecule has 0 heterocycles. The van der Waals surface area contributed by atoms with Crippen molar-refractivity contribution >= 4 is 39.2 Å². The molecule has 0 amide bonds. The smallest absolute Gasteiger partial charge is 0.339 e. The van der Waals surface area contributed by atoms with Crippen molar-refractivity contribution in [3.05, 3.63) is 27.5 Å².